The predicted octanol–water partition coefficient (Wildman–Crippen LogP) is 4.11. The molecule has 0 saturated heterocycles. The van der Waals surface area contributed by atoms with E-state index in [4.69, 9.17) is 12.2 Å². The van der Waals surface area contributed by atoms with E-state index in [9.17, 15) is 4.79 Å². The van der Waals surface area contributed by atoms with E-state index in [1.165, 1.54) is 0 Å². The van der Waals surface area contributed by atoms with Crippen LogP contribution in [0.1, 0.15) is 11.1 Å². The van der Waals surface area contributed by atoms with Crippen molar-refractivity contribution in [1.29, 1.82) is 0 Å². The van der Waals surface area contributed by atoms with Crippen molar-refractivity contribution >= 4 is 34.0 Å². The molecule has 2 aromatic rings. The molecule has 0 fully saturated rings. The van der Waals surface area contributed by atoms with E-state index in [1.54, 1.807) is 12.2 Å². The molecule has 3 rings (SSSR count). The Labute approximate surface area is 123 Å². The summed E-state index contributed by atoms with van der Waals surface area (Å²) < 4.78 is 0. The third-order valence-electron chi connectivity index (χ3n) is 3.23. The lowest BCUT2D eigenvalue weighted by Crippen LogP contribution is -2.11. The first-order valence-corrected chi connectivity index (χ1v) is 6.79. The van der Waals surface area contributed by atoms with Gasteiger partial charge in [0, 0.05) is 11.1 Å². The minimum atomic E-state index is -0.0173. The van der Waals surface area contributed by atoms with Crippen LogP contribution in [0.25, 0.3) is 11.1 Å². The Balaban J connectivity index is 2.05. The zero-order valence-corrected chi connectivity index (χ0v) is 11.6. The Hall–Kier alpha value is -2.32. The monoisotopic (exact) mass is 276 g/mol. The van der Waals surface area contributed by atoms with E-state index in [-0.39, 0.29) is 5.78 Å². The molecule has 20 heavy (non-hydrogen) atoms. The molecule has 0 atom stereocenters. The Bertz CT molecular complexity index is 663. The molecule has 0 saturated carbocycles. The van der Waals surface area contributed by atoms with E-state index < -0.39 is 0 Å². The van der Waals surface area contributed by atoms with Crippen molar-refractivity contribution in [3.63, 3.8) is 0 Å². The van der Waals surface area contributed by atoms with Crippen molar-refractivity contribution in [3.05, 3.63) is 83.9 Å². The van der Waals surface area contributed by atoms with Gasteiger partial charge in [-0.05, 0) is 23.3 Å². The summed E-state index contributed by atoms with van der Waals surface area (Å²) in [5.74, 6) is -0.0173. The SMILES string of the molecule is O=C1C=C(c2ccccc2)C(=S)C(c2ccccc2)=C1. The normalized spacial score (nSPS) is 14.8. The molecule has 0 bridgehead atoms. The molecular formula is C18H12OS. The van der Waals surface area contributed by atoms with Gasteiger partial charge in [0.1, 0.15) is 0 Å². The molecule has 1 aliphatic carbocycles. The third kappa shape index (κ3) is 2.38. The fourth-order valence-corrected chi connectivity index (χ4v) is 2.62. The Kier molecular flexibility index (Phi) is 3.40. The minimum Gasteiger partial charge on any atom is -0.290 e. The molecule has 0 spiro atoms. The molecule has 1 nitrogen and oxygen atoms in total. The van der Waals surface area contributed by atoms with Crippen LogP contribution < -0.4 is 0 Å². The Morgan fingerprint density at radius 3 is 1.45 bits per heavy atom. The molecule has 0 aromatic heterocycles. The fourth-order valence-electron chi connectivity index (χ4n) is 2.27. The van der Waals surface area contributed by atoms with Crippen LogP contribution in [-0.2, 0) is 4.79 Å². The van der Waals surface area contributed by atoms with E-state index in [2.05, 4.69) is 0 Å². The number of benzene rings is 2. The van der Waals surface area contributed by atoms with Crippen LogP contribution in [0.5, 0.6) is 0 Å². The molecule has 0 amide bonds. The predicted molar refractivity (Wildman–Crippen MR) is 86.4 cm³/mol. The number of carbonyl (C=O) groups excluding carboxylic acids is 1. The summed E-state index contributed by atoms with van der Waals surface area (Å²) in [6.07, 6.45) is 3.23. The average molecular weight is 276 g/mol. The summed E-state index contributed by atoms with van der Waals surface area (Å²) in [6.45, 7) is 0. The molecule has 0 unspecified atom stereocenters. The number of thiocarbonyl (C=S) groups is 1. The Morgan fingerprint density at radius 2 is 1.05 bits per heavy atom. The van der Waals surface area contributed by atoms with Gasteiger partial charge < -0.3 is 0 Å². The van der Waals surface area contributed by atoms with Crippen molar-refractivity contribution < 1.29 is 4.79 Å². The number of rotatable bonds is 2. The van der Waals surface area contributed by atoms with Crippen molar-refractivity contribution in [2.24, 2.45) is 0 Å². The van der Waals surface area contributed by atoms with Gasteiger partial charge in [0.15, 0.2) is 5.78 Å². The van der Waals surface area contributed by atoms with Crippen molar-refractivity contribution in [2.45, 2.75) is 0 Å². The number of hydrogen-bond donors (Lipinski definition) is 0. The maximum absolute atomic E-state index is 12.0. The second kappa shape index (κ2) is 5.35. The summed E-state index contributed by atoms with van der Waals surface area (Å²) in [7, 11) is 0. The zero-order valence-electron chi connectivity index (χ0n) is 10.7. The average Bonchev–Trinajstić information content (AvgIpc) is 2.51. The van der Waals surface area contributed by atoms with E-state index in [0.29, 0.717) is 0 Å². The summed E-state index contributed by atoms with van der Waals surface area (Å²) in [6, 6.07) is 19.6. The number of allylic oxidation sites excluding steroid dienone is 4. The van der Waals surface area contributed by atoms with Crippen molar-refractivity contribution in [3.8, 4) is 0 Å². The van der Waals surface area contributed by atoms with Crippen molar-refractivity contribution in [1.82, 2.24) is 0 Å². The first-order chi connectivity index (χ1) is 9.75. The third-order valence-corrected chi connectivity index (χ3v) is 3.67. The van der Waals surface area contributed by atoms with Crippen LogP contribution in [0.3, 0.4) is 0 Å². The summed E-state index contributed by atoms with van der Waals surface area (Å²) >= 11 is 5.58. The molecule has 0 N–H and O–H groups in total. The number of carbonyl (C=O) groups is 1. The van der Waals surface area contributed by atoms with Gasteiger partial charge in [0.2, 0.25) is 0 Å². The van der Waals surface area contributed by atoms with Gasteiger partial charge in [-0.15, -0.1) is 0 Å². The first-order valence-electron chi connectivity index (χ1n) is 6.38. The molecule has 2 heteroatoms. The maximum atomic E-state index is 12.0. The second-order valence-corrected chi connectivity index (χ2v) is 4.99. The standard InChI is InChI=1S/C18H12OS/c19-15-11-16(13-7-3-1-4-8-13)18(20)17(12-15)14-9-5-2-6-10-14/h1-12H. The van der Waals surface area contributed by atoms with Gasteiger partial charge in [-0.3, -0.25) is 4.79 Å². The Morgan fingerprint density at radius 1 is 0.650 bits per heavy atom. The highest BCUT2D eigenvalue weighted by Crippen LogP contribution is 2.29. The van der Waals surface area contributed by atoms with E-state index in [1.807, 2.05) is 60.7 Å². The molecule has 0 aliphatic heterocycles. The quantitative estimate of drug-likeness (QED) is 0.768. The van der Waals surface area contributed by atoms with Crippen LogP contribution in [0, 0.1) is 0 Å². The molecule has 1 aliphatic rings. The van der Waals surface area contributed by atoms with E-state index >= 15 is 0 Å². The van der Waals surface area contributed by atoms with E-state index in [0.717, 1.165) is 27.1 Å². The van der Waals surface area contributed by atoms with Crippen LogP contribution in [0.4, 0.5) is 0 Å². The fraction of sp³-hybridized carbons (Fsp3) is 0. The molecular weight excluding hydrogens is 264 g/mol. The largest absolute Gasteiger partial charge is 0.290 e. The second-order valence-electron chi connectivity index (χ2n) is 4.58. The van der Waals surface area contributed by atoms with Crippen LogP contribution >= 0.6 is 12.2 Å². The van der Waals surface area contributed by atoms with Gasteiger partial charge in [0.05, 0.1) is 4.86 Å². The molecule has 96 valence electrons. The highest BCUT2D eigenvalue weighted by atomic mass is 32.1. The number of ketones is 1. The summed E-state index contributed by atoms with van der Waals surface area (Å²) in [4.78, 5) is 12.7. The first kappa shape index (κ1) is 12.7. The highest BCUT2D eigenvalue weighted by molar-refractivity contribution is 7.82. The lowest BCUT2D eigenvalue weighted by atomic mass is 9.88. The highest BCUT2D eigenvalue weighted by Gasteiger charge is 2.20. The molecule has 0 heterocycles. The van der Waals surface area contributed by atoms with Crippen molar-refractivity contribution in [2.75, 3.05) is 0 Å². The van der Waals surface area contributed by atoms with Gasteiger partial charge in [-0.2, -0.15) is 0 Å². The summed E-state index contributed by atoms with van der Waals surface area (Å²) in [5, 5.41) is 0. The van der Waals surface area contributed by atoms with Gasteiger partial charge >= 0.3 is 0 Å². The molecule has 2 aromatic carbocycles. The van der Waals surface area contributed by atoms with Gasteiger partial charge in [0.25, 0.3) is 0 Å². The van der Waals surface area contributed by atoms with Crippen LogP contribution in [0.15, 0.2) is 72.8 Å². The molecule has 0 radical (unpaired) electrons. The van der Waals surface area contributed by atoms with Crippen LogP contribution in [-0.4, -0.2) is 10.6 Å². The van der Waals surface area contributed by atoms with Crippen LogP contribution in [0.2, 0.25) is 0 Å². The zero-order chi connectivity index (χ0) is 13.9. The maximum Gasteiger partial charge on any atom is 0.179 e. The number of hydrogen-bond acceptors (Lipinski definition) is 2. The van der Waals surface area contributed by atoms with Gasteiger partial charge in [-0.25, -0.2) is 0 Å². The topological polar surface area (TPSA) is 17.1 Å². The lowest BCUT2D eigenvalue weighted by molar-refractivity contribution is -0.110. The lowest BCUT2D eigenvalue weighted by Gasteiger charge is -2.16. The van der Waals surface area contributed by atoms with Gasteiger partial charge in [-0.1, -0.05) is 72.9 Å². The smallest absolute Gasteiger partial charge is 0.179 e. The minimum absolute atomic E-state index is 0.0173. The summed E-state index contributed by atoms with van der Waals surface area (Å²) in [5.41, 5.74) is 3.61.